The molecule has 1 aliphatic carbocycles. The second-order valence-electron chi connectivity index (χ2n) is 8.34. The largest absolute Gasteiger partial charge is 0.345 e. The predicted octanol–water partition coefficient (Wildman–Crippen LogP) is -0.133. The minimum atomic E-state index is -0.178. The van der Waals surface area contributed by atoms with Crippen LogP contribution in [0.25, 0.3) is 11.4 Å². The Kier molecular flexibility index (Phi) is 4.61. The number of pyridine rings is 1. The number of hydrogen-bond donors (Lipinski definition) is 1. The number of nitrogens with one attached hydrogen (secondary N) is 1. The molecule has 1 aliphatic rings. The van der Waals surface area contributed by atoms with Crippen molar-refractivity contribution in [3.8, 4) is 11.4 Å². The van der Waals surface area contributed by atoms with Gasteiger partial charge in [-0.2, -0.15) is 4.98 Å². The summed E-state index contributed by atoms with van der Waals surface area (Å²) >= 11 is 0. The molecule has 0 unspecified atom stereocenters. The van der Waals surface area contributed by atoms with Crippen LogP contribution < -0.4 is 5.32 Å². The highest BCUT2D eigenvalue weighted by Crippen LogP contribution is 2.34. The maximum Gasteiger partial charge on any atom is 0.251 e. The van der Waals surface area contributed by atoms with Crippen molar-refractivity contribution in [2.45, 2.75) is 30.9 Å². The second kappa shape index (κ2) is 6.97. The van der Waals surface area contributed by atoms with Crippen molar-refractivity contribution in [3.63, 3.8) is 0 Å². The average molecular weight is 370 g/mol. The minimum absolute atomic E-state index is 0.0143. The van der Waals surface area contributed by atoms with Crippen LogP contribution in [0.15, 0.2) is 41.1 Å². The Morgan fingerprint density at radius 3 is 2.79 bits per heavy atom. The fourth-order valence-electron chi connectivity index (χ4n) is 3.48. The van der Waals surface area contributed by atoms with Crippen LogP contribution in [0.1, 0.15) is 45.5 Å². The van der Waals surface area contributed by atoms with Gasteiger partial charge < -0.3 is 9.84 Å². The van der Waals surface area contributed by atoms with E-state index in [-0.39, 0.29) is 17.1 Å². The lowest BCUT2D eigenvalue weighted by molar-refractivity contribution is 0.0936. The van der Waals surface area contributed by atoms with Gasteiger partial charge in [0.1, 0.15) is 23.5 Å². The van der Waals surface area contributed by atoms with Gasteiger partial charge in [0, 0.05) is 23.0 Å². The molecular formula is C19H21B3N4O2. The summed E-state index contributed by atoms with van der Waals surface area (Å²) in [4.78, 5) is 21.3. The highest BCUT2D eigenvalue weighted by atomic mass is 16.5. The third-order valence-electron chi connectivity index (χ3n) is 5.01. The Labute approximate surface area is 166 Å². The van der Waals surface area contributed by atoms with Crippen molar-refractivity contribution in [2.24, 2.45) is 0 Å². The maximum atomic E-state index is 12.6. The number of aryl methyl sites for hydroxylation is 2. The van der Waals surface area contributed by atoms with Crippen LogP contribution in [0, 0.1) is 6.92 Å². The van der Waals surface area contributed by atoms with Crippen LogP contribution in [0.3, 0.4) is 0 Å². The molecule has 4 rings (SSSR count). The van der Waals surface area contributed by atoms with E-state index in [2.05, 4.69) is 32.6 Å². The molecule has 138 valence electrons. The third-order valence-corrected chi connectivity index (χ3v) is 5.01. The lowest BCUT2D eigenvalue weighted by atomic mass is 9.42. The Bertz CT molecular complexity index is 1050. The maximum absolute atomic E-state index is 12.6. The molecular weight excluding hydrogens is 349 g/mol. The standard InChI is InChI=1S/C19H21B3N4O2/c1-10-8-13(6-7-23-10)17(27)24-15-5-3-11-9-12(2-4-14(11)15)16-25-18(28-26-16)19(20,21)22/h2,4,6-9,15H,3,5,20-22H2,1H3,(H,24,27)/t15-/m1/s1. The van der Waals surface area contributed by atoms with Crippen LogP contribution >= 0.6 is 0 Å². The highest BCUT2D eigenvalue weighted by Gasteiger charge is 2.26. The van der Waals surface area contributed by atoms with Gasteiger partial charge >= 0.3 is 0 Å². The van der Waals surface area contributed by atoms with E-state index in [0.717, 1.165) is 29.7 Å². The van der Waals surface area contributed by atoms with Gasteiger partial charge in [-0.15, -0.1) is 0 Å². The van der Waals surface area contributed by atoms with Gasteiger partial charge in [0.05, 0.1) is 6.04 Å². The Morgan fingerprint density at radius 1 is 1.25 bits per heavy atom. The first-order chi connectivity index (χ1) is 13.3. The van der Waals surface area contributed by atoms with Crippen LogP contribution in [-0.2, 0) is 11.5 Å². The number of benzene rings is 1. The molecule has 6 nitrogen and oxygen atoms in total. The third kappa shape index (κ3) is 3.61. The zero-order chi connectivity index (χ0) is 19.9. The topological polar surface area (TPSA) is 80.9 Å². The number of nitrogens with zero attached hydrogens (tertiary/aromatic N) is 3. The lowest BCUT2D eigenvalue weighted by Crippen LogP contribution is -2.27. The summed E-state index contributed by atoms with van der Waals surface area (Å²) in [6.45, 7) is 1.88. The number of rotatable bonds is 4. The molecule has 1 aromatic carbocycles. The fraction of sp³-hybridized carbons (Fsp3) is 0.263. The number of aromatic nitrogens is 3. The molecule has 9 heteroatoms. The van der Waals surface area contributed by atoms with Gasteiger partial charge in [-0.1, -0.05) is 17.3 Å². The van der Waals surface area contributed by atoms with E-state index in [1.54, 1.807) is 18.3 Å². The van der Waals surface area contributed by atoms with E-state index in [4.69, 9.17) is 4.52 Å². The quantitative estimate of drug-likeness (QED) is 0.648. The summed E-state index contributed by atoms with van der Waals surface area (Å²) < 4.78 is 5.41. The van der Waals surface area contributed by atoms with Crippen molar-refractivity contribution in [3.05, 3.63) is 64.8 Å². The van der Waals surface area contributed by atoms with Crippen molar-refractivity contribution < 1.29 is 9.32 Å². The minimum Gasteiger partial charge on any atom is -0.345 e. The average Bonchev–Trinajstić information content (AvgIpc) is 3.29. The zero-order valence-corrected chi connectivity index (χ0v) is 16.6. The van der Waals surface area contributed by atoms with E-state index in [0.29, 0.717) is 17.3 Å². The number of carbonyl (C=O) groups excluding carboxylic acids is 1. The van der Waals surface area contributed by atoms with E-state index in [1.165, 1.54) is 5.56 Å². The molecule has 2 heterocycles. The SMILES string of the molecule is BC(B)(B)c1nc(-c2ccc3c(c2)CC[C@H]3NC(=O)c2ccnc(C)c2)no1. The summed E-state index contributed by atoms with van der Waals surface area (Å²) in [5.41, 5.74) is 4.78. The molecule has 1 N–H and O–H groups in total. The fourth-order valence-corrected chi connectivity index (χ4v) is 3.48. The van der Waals surface area contributed by atoms with Crippen molar-refractivity contribution in [1.82, 2.24) is 20.4 Å². The van der Waals surface area contributed by atoms with Gasteiger partial charge in [-0.25, -0.2) is 0 Å². The predicted molar refractivity (Wildman–Crippen MR) is 115 cm³/mol. The molecule has 0 radical (unpaired) electrons. The summed E-state index contributed by atoms with van der Waals surface area (Å²) in [5, 5.41) is 7.10. The molecule has 0 fully saturated rings. The molecule has 0 saturated heterocycles. The first-order valence-corrected chi connectivity index (χ1v) is 9.52. The Morgan fingerprint density at radius 2 is 2.07 bits per heavy atom. The monoisotopic (exact) mass is 370 g/mol. The molecule has 0 bridgehead atoms. The molecule has 1 amide bonds. The highest BCUT2D eigenvalue weighted by molar-refractivity contribution is 6.58. The number of amides is 1. The molecule has 0 spiro atoms. The zero-order valence-electron chi connectivity index (χ0n) is 16.6. The molecule has 0 aliphatic heterocycles. The smallest absolute Gasteiger partial charge is 0.251 e. The molecule has 3 aromatic rings. The van der Waals surface area contributed by atoms with Crippen molar-refractivity contribution in [1.29, 1.82) is 0 Å². The number of fused-ring (bicyclic) bond motifs is 1. The number of carbonyl (C=O) groups is 1. The van der Waals surface area contributed by atoms with Gasteiger partial charge in [-0.05, 0) is 54.2 Å². The summed E-state index contributed by atoms with van der Waals surface area (Å²) in [5.74, 6) is 1.16. The summed E-state index contributed by atoms with van der Waals surface area (Å²) in [6, 6.07) is 9.72. The van der Waals surface area contributed by atoms with Gasteiger partial charge in [0.15, 0.2) is 0 Å². The summed E-state index contributed by atoms with van der Waals surface area (Å²) in [6.07, 6.45) is 3.46. The first kappa shape index (κ1) is 18.5. The molecule has 1 atom stereocenters. The van der Waals surface area contributed by atoms with Crippen LogP contribution in [0.2, 0.25) is 0 Å². The first-order valence-electron chi connectivity index (χ1n) is 9.52. The Balaban J connectivity index is 1.54. The van der Waals surface area contributed by atoms with Crippen molar-refractivity contribution in [2.75, 3.05) is 0 Å². The van der Waals surface area contributed by atoms with E-state index in [1.807, 2.05) is 36.5 Å². The molecule has 0 saturated carbocycles. The van der Waals surface area contributed by atoms with Crippen LogP contribution in [0.4, 0.5) is 0 Å². The van der Waals surface area contributed by atoms with Gasteiger partial charge in [0.25, 0.3) is 5.91 Å². The molecule has 2 aromatic heterocycles. The van der Waals surface area contributed by atoms with Crippen LogP contribution in [0.5, 0.6) is 0 Å². The van der Waals surface area contributed by atoms with Gasteiger partial charge in [-0.3, -0.25) is 9.78 Å². The van der Waals surface area contributed by atoms with Gasteiger partial charge in [0.2, 0.25) is 11.7 Å². The normalized spacial score (nSPS) is 16.0. The van der Waals surface area contributed by atoms with Crippen molar-refractivity contribution >= 4 is 29.4 Å². The van der Waals surface area contributed by atoms with E-state index >= 15 is 0 Å². The Hall–Kier alpha value is -2.83. The lowest BCUT2D eigenvalue weighted by Gasteiger charge is -2.14. The van der Waals surface area contributed by atoms with Crippen LogP contribution in [-0.4, -0.2) is 44.6 Å². The second-order valence-corrected chi connectivity index (χ2v) is 8.34. The molecule has 28 heavy (non-hydrogen) atoms. The number of hydrogen-bond acceptors (Lipinski definition) is 5. The van der Waals surface area contributed by atoms with E-state index < -0.39 is 0 Å². The van der Waals surface area contributed by atoms with E-state index in [9.17, 15) is 4.79 Å². The summed E-state index contributed by atoms with van der Waals surface area (Å²) in [7, 11) is 6.14.